The molecule has 0 aliphatic rings. The summed E-state index contributed by atoms with van der Waals surface area (Å²) in [5.74, 6) is 0.789. The number of aryl methyl sites for hydroxylation is 1. The second kappa shape index (κ2) is 4.90. The minimum absolute atomic E-state index is 0.100. The van der Waals surface area contributed by atoms with Crippen LogP contribution in [0.5, 0.6) is 5.75 Å². The zero-order valence-corrected chi connectivity index (χ0v) is 12.8. The van der Waals surface area contributed by atoms with Crippen LogP contribution in [0.3, 0.4) is 0 Å². The van der Waals surface area contributed by atoms with E-state index >= 15 is 0 Å². The van der Waals surface area contributed by atoms with Crippen LogP contribution in [0.4, 0.5) is 0 Å². The first-order chi connectivity index (χ1) is 9.56. The van der Waals surface area contributed by atoms with Crippen molar-refractivity contribution in [2.45, 2.75) is 6.92 Å². The van der Waals surface area contributed by atoms with Crippen LogP contribution in [0.2, 0.25) is 0 Å². The summed E-state index contributed by atoms with van der Waals surface area (Å²) in [6.07, 6.45) is 0. The molecule has 2 aromatic carbocycles. The van der Waals surface area contributed by atoms with E-state index < -0.39 is 0 Å². The van der Waals surface area contributed by atoms with Gasteiger partial charge in [0.2, 0.25) is 0 Å². The minimum atomic E-state index is -0.100. The van der Waals surface area contributed by atoms with Crippen LogP contribution >= 0.6 is 22.6 Å². The normalized spacial score (nSPS) is 10.9. The molecule has 0 unspecified atom stereocenters. The van der Waals surface area contributed by atoms with Crippen LogP contribution in [0, 0.1) is 10.5 Å². The van der Waals surface area contributed by atoms with Gasteiger partial charge in [0.15, 0.2) is 0 Å². The van der Waals surface area contributed by atoms with E-state index in [2.05, 4.69) is 27.6 Å². The maximum Gasteiger partial charge on any atom is 0.265 e. The molecule has 1 aromatic heterocycles. The molecule has 0 aliphatic heterocycles. The number of benzene rings is 2. The van der Waals surface area contributed by atoms with Gasteiger partial charge in [0.05, 0.1) is 16.6 Å². The lowest BCUT2D eigenvalue weighted by Crippen LogP contribution is -2.22. The molecule has 100 valence electrons. The number of phenols is 1. The average Bonchev–Trinajstić information content (AvgIpc) is 2.42. The largest absolute Gasteiger partial charge is 0.508 e. The predicted octanol–water partition coefficient (Wildman–Crippen LogP) is 3.00. The molecule has 0 radical (unpaired) electrons. The fraction of sp³-hybridized carbons (Fsp3) is 0.0667. The molecule has 0 saturated heterocycles. The summed E-state index contributed by atoms with van der Waals surface area (Å²) in [6.45, 7) is 1.80. The number of phenolic OH excluding ortho intramolecular Hbond substituents is 1. The number of hydrogen-bond acceptors (Lipinski definition) is 3. The number of fused-ring (bicyclic) bond motifs is 1. The van der Waals surface area contributed by atoms with E-state index in [4.69, 9.17) is 0 Å². The van der Waals surface area contributed by atoms with Gasteiger partial charge in [-0.05, 0) is 72.0 Å². The zero-order valence-electron chi connectivity index (χ0n) is 10.7. The third-order valence-corrected chi connectivity index (χ3v) is 3.78. The highest BCUT2D eigenvalue weighted by molar-refractivity contribution is 14.1. The molecule has 0 saturated carbocycles. The van der Waals surface area contributed by atoms with E-state index in [1.54, 1.807) is 35.8 Å². The van der Waals surface area contributed by atoms with Gasteiger partial charge in [0.1, 0.15) is 11.6 Å². The lowest BCUT2D eigenvalue weighted by atomic mass is 10.2. The number of aromatic hydroxyl groups is 1. The Morgan fingerprint density at radius 3 is 2.55 bits per heavy atom. The fourth-order valence-corrected chi connectivity index (χ4v) is 2.67. The van der Waals surface area contributed by atoms with E-state index in [9.17, 15) is 9.90 Å². The highest BCUT2D eigenvalue weighted by atomic mass is 127. The van der Waals surface area contributed by atoms with Gasteiger partial charge in [0.25, 0.3) is 5.56 Å². The molecule has 5 heteroatoms. The van der Waals surface area contributed by atoms with Crippen LogP contribution in [0.25, 0.3) is 16.6 Å². The van der Waals surface area contributed by atoms with Crippen molar-refractivity contribution >= 4 is 33.5 Å². The molecule has 0 aliphatic carbocycles. The molecule has 0 spiro atoms. The van der Waals surface area contributed by atoms with Crippen molar-refractivity contribution in [2.75, 3.05) is 0 Å². The molecule has 0 atom stereocenters. The Kier molecular flexibility index (Phi) is 3.21. The Hall–Kier alpha value is -1.89. The first kappa shape index (κ1) is 13.1. The fourth-order valence-electron chi connectivity index (χ4n) is 2.17. The predicted molar refractivity (Wildman–Crippen MR) is 86.5 cm³/mol. The molecule has 0 fully saturated rings. The van der Waals surface area contributed by atoms with Crippen LogP contribution in [0.15, 0.2) is 47.3 Å². The lowest BCUT2D eigenvalue weighted by molar-refractivity contribution is 0.475. The Morgan fingerprint density at radius 2 is 1.85 bits per heavy atom. The van der Waals surface area contributed by atoms with E-state index in [1.807, 2.05) is 18.2 Å². The third-order valence-electron chi connectivity index (χ3n) is 3.11. The van der Waals surface area contributed by atoms with E-state index in [0.717, 1.165) is 3.57 Å². The first-order valence-corrected chi connectivity index (χ1v) is 7.12. The van der Waals surface area contributed by atoms with Gasteiger partial charge in [0, 0.05) is 3.57 Å². The highest BCUT2D eigenvalue weighted by Gasteiger charge is 2.10. The molecule has 3 aromatic rings. The standard InChI is InChI=1S/C15H11IN2O2/c1-9-17-14-7-2-10(16)8-13(14)15(20)18(9)11-3-5-12(19)6-4-11/h2-8,19H,1H3. The number of hydrogen-bond donors (Lipinski definition) is 1. The summed E-state index contributed by atoms with van der Waals surface area (Å²) in [4.78, 5) is 17.1. The molecule has 4 nitrogen and oxygen atoms in total. The summed E-state index contributed by atoms with van der Waals surface area (Å²) >= 11 is 2.17. The van der Waals surface area contributed by atoms with Crippen LogP contribution < -0.4 is 5.56 Å². The van der Waals surface area contributed by atoms with Crippen molar-refractivity contribution < 1.29 is 5.11 Å². The Balaban J connectivity index is 2.36. The maximum absolute atomic E-state index is 12.6. The molecular formula is C15H11IN2O2. The van der Waals surface area contributed by atoms with Crippen molar-refractivity contribution in [1.29, 1.82) is 0 Å². The second-order valence-electron chi connectivity index (χ2n) is 4.48. The third kappa shape index (κ3) is 2.18. The van der Waals surface area contributed by atoms with Crippen molar-refractivity contribution in [3.8, 4) is 11.4 Å². The monoisotopic (exact) mass is 378 g/mol. The van der Waals surface area contributed by atoms with Gasteiger partial charge in [-0.2, -0.15) is 0 Å². The van der Waals surface area contributed by atoms with Gasteiger partial charge in [-0.15, -0.1) is 0 Å². The number of halogens is 1. The summed E-state index contributed by atoms with van der Waals surface area (Å²) < 4.78 is 2.55. The average molecular weight is 378 g/mol. The Morgan fingerprint density at radius 1 is 1.15 bits per heavy atom. The van der Waals surface area contributed by atoms with Gasteiger partial charge < -0.3 is 5.11 Å². The van der Waals surface area contributed by atoms with Crippen LogP contribution in [0.1, 0.15) is 5.82 Å². The van der Waals surface area contributed by atoms with E-state index in [0.29, 0.717) is 22.4 Å². The Labute approximate surface area is 128 Å². The number of nitrogens with zero attached hydrogens (tertiary/aromatic N) is 2. The highest BCUT2D eigenvalue weighted by Crippen LogP contribution is 2.17. The molecule has 0 bridgehead atoms. The van der Waals surface area contributed by atoms with Crippen LogP contribution in [-0.2, 0) is 0 Å². The second-order valence-corrected chi connectivity index (χ2v) is 5.72. The SMILES string of the molecule is Cc1nc2ccc(I)cc2c(=O)n1-c1ccc(O)cc1. The number of rotatable bonds is 1. The summed E-state index contributed by atoms with van der Waals surface area (Å²) in [5, 5.41) is 9.94. The van der Waals surface area contributed by atoms with Crippen molar-refractivity contribution in [1.82, 2.24) is 9.55 Å². The zero-order chi connectivity index (χ0) is 14.3. The van der Waals surface area contributed by atoms with E-state index in [-0.39, 0.29) is 11.3 Å². The quantitative estimate of drug-likeness (QED) is 0.663. The van der Waals surface area contributed by atoms with Gasteiger partial charge in [-0.3, -0.25) is 9.36 Å². The number of aromatic nitrogens is 2. The Bertz CT molecular complexity index is 854. The molecule has 3 rings (SSSR count). The van der Waals surface area contributed by atoms with Crippen molar-refractivity contribution in [3.63, 3.8) is 0 Å². The smallest absolute Gasteiger partial charge is 0.265 e. The van der Waals surface area contributed by atoms with Crippen molar-refractivity contribution in [3.05, 3.63) is 62.2 Å². The van der Waals surface area contributed by atoms with E-state index in [1.165, 1.54) is 0 Å². The first-order valence-electron chi connectivity index (χ1n) is 6.04. The molecule has 1 N–H and O–H groups in total. The summed E-state index contributed by atoms with van der Waals surface area (Å²) in [5.41, 5.74) is 1.29. The summed E-state index contributed by atoms with van der Waals surface area (Å²) in [6, 6.07) is 12.1. The molecule has 0 amide bonds. The molecule has 20 heavy (non-hydrogen) atoms. The topological polar surface area (TPSA) is 55.1 Å². The summed E-state index contributed by atoms with van der Waals surface area (Å²) in [7, 11) is 0. The lowest BCUT2D eigenvalue weighted by Gasteiger charge is -2.11. The molecular weight excluding hydrogens is 367 g/mol. The molecule has 1 heterocycles. The van der Waals surface area contributed by atoms with Gasteiger partial charge in [-0.1, -0.05) is 0 Å². The van der Waals surface area contributed by atoms with Crippen molar-refractivity contribution in [2.24, 2.45) is 0 Å². The van der Waals surface area contributed by atoms with Gasteiger partial charge >= 0.3 is 0 Å². The van der Waals surface area contributed by atoms with Gasteiger partial charge in [-0.25, -0.2) is 4.98 Å². The maximum atomic E-state index is 12.6. The van der Waals surface area contributed by atoms with Crippen LogP contribution in [-0.4, -0.2) is 14.7 Å². The minimum Gasteiger partial charge on any atom is -0.508 e.